The Morgan fingerprint density at radius 3 is 1.45 bits per heavy atom. The largest absolute Gasteiger partial charge is 0.478 e. The average molecular weight is 297 g/mol. The summed E-state index contributed by atoms with van der Waals surface area (Å²) < 4.78 is 4.18. The molecule has 0 aromatic carbocycles. The summed E-state index contributed by atoms with van der Waals surface area (Å²) in [6, 6.07) is 0. The van der Waals surface area contributed by atoms with E-state index in [2.05, 4.69) is 17.0 Å². The lowest BCUT2D eigenvalue weighted by molar-refractivity contribution is -0.131. The first kappa shape index (κ1) is 23.4. The van der Waals surface area contributed by atoms with Crippen molar-refractivity contribution < 1.29 is 39.9 Å². The Morgan fingerprint density at radius 2 is 1.45 bits per heavy atom. The summed E-state index contributed by atoms with van der Waals surface area (Å²) in [7, 11) is 0. The minimum atomic E-state index is -1.11. The molecule has 0 spiro atoms. The van der Waals surface area contributed by atoms with Crippen molar-refractivity contribution in [3.8, 4) is 0 Å². The molecule has 20 heavy (non-hydrogen) atoms. The molecule has 9 heteroatoms. The monoisotopic (exact) mass is 297 g/mol. The highest BCUT2D eigenvalue weighted by Crippen LogP contribution is 2.11. The van der Waals surface area contributed by atoms with Crippen LogP contribution in [-0.2, 0) is 9.53 Å². The summed E-state index contributed by atoms with van der Waals surface area (Å²) in [6.07, 6.45) is 0.123. The molecular weight excluding hydrogens is 274 g/mol. The Morgan fingerprint density at radius 1 is 1.15 bits per heavy atom. The van der Waals surface area contributed by atoms with E-state index in [9.17, 15) is 9.59 Å². The van der Waals surface area contributed by atoms with Gasteiger partial charge < -0.3 is 36.0 Å². The summed E-state index contributed by atoms with van der Waals surface area (Å²) in [5.74, 6) is -0.981. The summed E-state index contributed by atoms with van der Waals surface area (Å²) in [5.41, 5.74) is 3.43. The molecule has 0 radical (unpaired) electrons. The van der Waals surface area contributed by atoms with Crippen LogP contribution < -0.4 is 5.73 Å². The molecule has 9 nitrogen and oxygen atoms in total. The number of aliphatic hydroxyl groups is 4. The quantitative estimate of drug-likeness (QED) is 0.315. The topological polar surface area (TPSA) is 171 Å². The van der Waals surface area contributed by atoms with Crippen LogP contribution in [0.15, 0.2) is 12.7 Å². The van der Waals surface area contributed by atoms with Gasteiger partial charge in [-0.3, -0.25) is 0 Å². The van der Waals surface area contributed by atoms with Crippen molar-refractivity contribution in [3.05, 3.63) is 12.7 Å². The SMILES string of the molecule is C=CC(=O)O.CCOC(N)=O.OCC(CO)(CO)CO. The summed E-state index contributed by atoms with van der Waals surface area (Å²) in [6.45, 7) is 3.39. The van der Waals surface area contributed by atoms with Crippen LogP contribution in [0.4, 0.5) is 4.79 Å². The molecular formula is C11H23NO8. The second kappa shape index (κ2) is 15.4. The number of nitrogens with two attached hydrogens (primary N) is 1. The standard InChI is InChI=1S/C5H12O4.C3H7NO2.C3H4O2/c6-1-5(2-7,3-8)4-9;1-2-6-3(4)5;1-2-3(4)5/h6-9H,1-4H2;2H2,1H3,(H2,4,5);2H,1H2,(H,4,5). The van der Waals surface area contributed by atoms with E-state index in [1.807, 2.05) is 0 Å². The zero-order valence-electron chi connectivity index (χ0n) is 11.4. The van der Waals surface area contributed by atoms with Gasteiger partial charge in [0.05, 0.1) is 38.4 Å². The fraction of sp³-hybridized carbons (Fsp3) is 0.636. The Balaban J connectivity index is -0.000000230. The molecule has 0 fully saturated rings. The van der Waals surface area contributed by atoms with Gasteiger partial charge in [0.15, 0.2) is 0 Å². The fourth-order valence-corrected chi connectivity index (χ4v) is 0.442. The normalized spacial score (nSPS) is 9.25. The van der Waals surface area contributed by atoms with E-state index in [0.717, 1.165) is 6.08 Å². The predicted molar refractivity (Wildman–Crippen MR) is 69.8 cm³/mol. The van der Waals surface area contributed by atoms with Gasteiger partial charge in [0, 0.05) is 6.08 Å². The third kappa shape index (κ3) is 16.3. The number of amides is 1. The Kier molecular flexibility index (Phi) is 18.0. The molecule has 0 unspecified atom stereocenters. The van der Waals surface area contributed by atoms with Crippen molar-refractivity contribution in [3.63, 3.8) is 0 Å². The summed E-state index contributed by atoms with van der Waals surface area (Å²) >= 11 is 0. The number of primary amides is 1. The smallest absolute Gasteiger partial charge is 0.404 e. The highest BCUT2D eigenvalue weighted by molar-refractivity contribution is 5.78. The minimum Gasteiger partial charge on any atom is -0.478 e. The van der Waals surface area contributed by atoms with Gasteiger partial charge in [-0.1, -0.05) is 6.58 Å². The molecule has 0 aliphatic rings. The van der Waals surface area contributed by atoms with Gasteiger partial charge in [-0.25, -0.2) is 9.59 Å². The van der Waals surface area contributed by atoms with Gasteiger partial charge in [0.2, 0.25) is 0 Å². The van der Waals surface area contributed by atoms with Gasteiger partial charge >= 0.3 is 12.1 Å². The lowest BCUT2D eigenvalue weighted by atomic mass is 9.93. The van der Waals surface area contributed by atoms with Crippen molar-refractivity contribution in [1.29, 1.82) is 0 Å². The van der Waals surface area contributed by atoms with Crippen LogP contribution in [0.25, 0.3) is 0 Å². The predicted octanol–water partition coefficient (Wildman–Crippen LogP) is -1.70. The van der Waals surface area contributed by atoms with Crippen LogP contribution in [0.1, 0.15) is 6.92 Å². The van der Waals surface area contributed by atoms with E-state index < -0.39 is 43.9 Å². The fourth-order valence-electron chi connectivity index (χ4n) is 0.442. The van der Waals surface area contributed by atoms with E-state index in [4.69, 9.17) is 25.5 Å². The second-order valence-corrected chi connectivity index (χ2v) is 3.43. The molecule has 0 aliphatic heterocycles. The number of aliphatic carboxylic acids is 1. The number of rotatable bonds is 6. The molecule has 0 aliphatic carbocycles. The van der Waals surface area contributed by atoms with Gasteiger partial charge in [-0.15, -0.1) is 0 Å². The Hall–Kier alpha value is -1.68. The summed E-state index contributed by atoms with van der Waals surface area (Å²) in [5, 5.41) is 41.6. The van der Waals surface area contributed by atoms with Gasteiger partial charge in [0.1, 0.15) is 0 Å². The third-order valence-electron chi connectivity index (χ3n) is 1.80. The molecule has 0 saturated carbocycles. The van der Waals surface area contributed by atoms with E-state index in [-0.39, 0.29) is 0 Å². The number of ether oxygens (including phenoxy) is 1. The van der Waals surface area contributed by atoms with E-state index in [1.54, 1.807) is 6.92 Å². The van der Waals surface area contributed by atoms with Crippen LogP contribution in [0.3, 0.4) is 0 Å². The van der Waals surface area contributed by atoms with Crippen LogP contribution in [0, 0.1) is 5.41 Å². The van der Waals surface area contributed by atoms with Gasteiger partial charge in [0.25, 0.3) is 0 Å². The zero-order valence-corrected chi connectivity index (χ0v) is 11.4. The highest BCUT2D eigenvalue weighted by Gasteiger charge is 2.26. The first-order valence-electron chi connectivity index (χ1n) is 5.50. The van der Waals surface area contributed by atoms with Crippen molar-refractivity contribution >= 4 is 12.1 Å². The number of hydrogen-bond donors (Lipinski definition) is 6. The molecule has 7 N–H and O–H groups in total. The zero-order chi connectivity index (χ0) is 16.6. The van der Waals surface area contributed by atoms with Crippen LogP contribution in [0.2, 0.25) is 0 Å². The van der Waals surface area contributed by atoms with Crippen molar-refractivity contribution in [1.82, 2.24) is 0 Å². The van der Waals surface area contributed by atoms with E-state index >= 15 is 0 Å². The van der Waals surface area contributed by atoms with E-state index in [0.29, 0.717) is 6.61 Å². The molecule has 0 bridgehead atoms. The minimum absolute atomic E-state index is 0.356. The van der Waals surface area contributed by atoms with Crippen molar-refractivity contribution in [2.75, 3.05) is 33.0 Å². The van der Waals surface area contributed by atoms with Crippen molar-refractivity contribution in [2.24, 2.45) is 11.1 Å². The lowest BCUT2D eigenvalue weighted by Gasteiger charge is -2.23. The van der Waals surface area contributed by atoms with Gasteiger partial charge in [-0.05, 0) is 6.92 Å². The van der Waals surface area contributed by atoms with E-state index in [1.165, 1.54) is 0 Å². The molecule has 1 amide bonds. The number of aliphatic hydroxyl groups excluding tert-OH is 4. The first-order chi connectivity index (χ1) is 9.28. The van der Waals surface area contributed by atoms with Crippen LogP contribution in [0.5, 0.6) is 0 Å². The molecule has 0 aromatic rings. The van der Waals surface area contributed by atoms with Crippen LogP contribution >= 0.6 is 0 Å². The highest BCUT2D eigenvalue weighted by atomic mass is 16.5. The van der Waals surface area contributed by atoms with Crippen LogP contribution in [-0.4, -0.2) is 70.6 Å². The molecule has 0 aromatic heterocycles. The average Bonchev–Trinajstić information content (AvgIpc) is 2.43. The molecule has 0 atom stereocenters. The second-order valence-electron chi connectivity index (χ2n) is 3.43. The van der Waals surface area contributed by atoms with Gasteiger partial charge in [-0.2, -0.15) is 0 Å². The maximum Gasteiger partial charge on any atom is 0.404 e. The maximum atomic E-state index is 9.60. The number of hydrogen-bond acceptors (Lipinski definition) is 7. The number of carbonyl (C=O) groups is 2. The molecule has 120 valence electrons. The van der Waals surface area contributed by atoms with Crippen molar-refractivity contribution in [2.45, 2.75) is 6.92 Å². The Bertz CT molecular complexity index is 248. The maximum absolute atomic E-state index is 9.60. The summed E-state index contributed by atoms with van der Waals surface area (Å²) in [4.78, 5) is 18.8. The first-order valence-corrected chi connectivity index (χ1v) is 5.50. The number of carboxylic acid groups (broad SMARTS) is 1. The lowest BCUT2D eigenvalue weighted by Crippen LogP contribution is -2.37. The Labute approximate surface area is 116 Å². The number of carbonyl (C=O) groups excluding carboxylic acids is 1. The molecule has 0 saturated heterocycles. The number of carboxylic acids is 1. The third-order valence-corrected chi connectivity index (χ3v) is 1.80. The molecule has 0 rings (SSSR count). The molecule has 0 heterocycles.